The Labute approximate surface area is 320 Å². The molecule has 0 unspecified atom stereocenters. The SMILES string of the molecule is [C-]#[N+]c1ccc2cc(-c3nc(-c4ccc(-c5nc(-c6ccc7cc(C#N)ccc7c6)nc(-c6ccccc6O)n5)cc4)nc(-c4ccccc4O)n3)ccc2c1. The fourth-order valence-corrected chi connectivity index (χ4v) is 6.50. The Hall–Kier alpha value is -8.34. The molecule has 9 aromatic rings. The predicted molar refractivity (Wildman–Crippen MR) is 215 cm³/mol. The van der Waals surface area contributed by atoms with E-state index in [4.69, 9.17) is 36.5 Å². The van der Waals surface area contributed by atoms with Crippen LogP contribution in [0.3, 0.4) is 0 Å². The van der Waals surface area contributed by atoms with Gasteiger partial charge in [-0.15, -0.1) is 0 Å². The van der Waals surface area contributed by atoms with Crippen LogP contribution in [0.5, 0.6) is 11.5 Å². The van der Waals surface area contributed by atoms with Crippen molar-refractivity contribution >= 4 is 27.2 Å². The number of fused-ring (bicyclic) bond motifs is 2. The van der Waals surface area contributed by atoms with E-state index >= 15 is 0 Å². The van der Waals surface area contributed by atoms with E-state index in [1.165, 1.54) is 0 Å². The Kier molecular flexibility index (Phi) is 8.31. The quantitative estimate of drug-likeness (QED) is 0.160. The van der Waals surface area contributed by atoms with Gasteiger partial charge in [-0.2, -0.15) is 5.26 Å². The van der Waals surface area contributed by atoms with Crippen molar-refractivity contribution in [2.75, 3.05) is 0 Å². The average molecular weight is 723 g/mol. The van der Waals surface area contributed by atoms with Gasteiger partial charge >= 0.3 is 0 Å². The fourth-order valence-electron chi connectivity index (χ4n) is 6.50. The van der Waals surface area contributed by atoms with Crippen LogP contribution in [0.1, 0.15) is 5.56 Å². The lowest BCUT2D eigenvalue weighted by Gasteiger charge is -2.11. The topological polar surface area (TPSA) is 146 Å². The van der Waals surface area contributed by atoms with Crippen LogP contribution in [-0.4, -0.2) is 40.1 Å². The zero-order chi connectivity index (χ0) is 38.2. The van der Waals surface area contributed by atoms with Crippen molar-refractivity contribution in [2.45, 2.75) is 0 Å². The molecule has 10 heteroatoms. The van der Waals surface area contributed by atoms with Gasteiger partial charge < -0.3 is 10.2 Å². The van der Waals surface area contributed by atoms with Gasteiger partial charge in [0.25, 0.3) is 0 Å². The van der Waals surface area contributed by atoms with Gasteiger partial charge in [-0.05, 0) is 76.1 Å². The molecular formula is C46H26N8O2. The standard InChI is InChI=1S/C46H26N8O2/c1-48-36-21-20-32-24-35(19-17-33(32)25-36)44-50-42(52-46(54-44)38-7-3-5-9-40(38)56)29-14-12-28(13-15-29)41-49-43(53-45(51-41)37-6-2-4-8-39(37)55)34-18-16-30-22-27(26-47)10-11-31(30)23-34/h2-25,55-56H. The van der Waals surface area contributed by atoms with Crippen LogP contribution in [0, 0.1) is 17.9 Å². The first kappa shape index (κ1) is 33.5. The summed E-state index contributed by atoms with van der Waals surface area (Å²) in [6.07, 6.45) is 0. The molecule has 7 aromatic carbocycles. The molecule has 0 spiro atoms. The first-order valence-electron chi connectivity index (χ1n) is 17.5. The Bertz CT molecular complexity index is 2890. The summed E-state index contributed by atoms with van der Waals surface area (Å²) >= 11 is 0. The average Bonchev–Trinajstić information content (AvgIpc) is 3.25. The summed E-state index contributed by atoms with van der Waals surface area (Å²) in [7, 11) is 0. The van der Waals surface area contributed by atoms with E-state index in [9.17, 15) is 15.5 Å². The number of hydrogen-bond donors (Lipinski definition) is 2. The predicted octanol–water partition coefficient (Wildman–Crippen LogP) is 10.2. The van der Waals surface area contributed by atoms with Crippen LogP contribution in [0.4, 0.5) is 5.69 Å². The van der Waals surface area contributed by atoms with Crippen LogP contribution >= 0.6 is 0 Å². The second-order valence-corrected chi connectivity index (χ2v) is 13.0. The Morgan fingerprint density at radius 1 is 0.429 bits per heavy atom. The van der Waals surface area contributed by atoms with Crippen LogP contribution in [0.15, 0.2) is 146 Å². The Balaban J connectivity index is 1.14. The Morgan fingerprint density at radius 2 is 0.821 bits per heavy atom. The minimum Gasteiger partial charge on any atom is -0.507 e. The second kappa shape index (κ2) is 13.9. The van der Waals surface area contributed by atoms with E-state index in [0.717, 1.165) is 32.7 Å². The van der Waals surface area contributed by atoms with Crippen molar-refractivity contribution in [3.8, 4) is 85.9 Å². The van der Waals surface area contributed by atoms with Gasteiger partial charge in [0.2, 0.25) is 0 Å². The van der Waals surface area contributed by atoms with E-state index in [2.05, 4.69) is 10.9 Å². The number of nitriles is 1. The third-order valence-electron chi connectivity index (χ3n) is 9.40. The monoisotopic (exact) mass is 722 g/mol. The first-order chi connectivity index (χ1) is 27.4. The molecule has 9 rings (SSSR count). The molecule has 2 heterocycles. The summed E-state index contributed by atoms with van der Waals surface area (Å²) in [5, 5.41) is 34.6. The number of aromatic nitrogens is 6. The van der Waals surface area contributed by atoms with E-state index in [0.29, 0.717) is 68.5 Å². The van der Waals surface area contributed by atoms with Crippen LogP contribution in [0.2, 0.25) is 0 Å². The van der Waals surface area contributed by atoms with Gasteiger partial charge in [0.05, 0.1) is 29.3 Å². The zero-order valence-corrected chi connectivity index (χ0v) is 29.3. The van der Waals surface area contributed by atoms with Gasteiger partial charge in [-0.1, -0.05) is 91.0 Å². The van der Waals surface area contributed by atoms with Crippen LogP contribution in [-0.2, 0) is 0 Å². The lowest BCUT2D eigenvalue weighted by Crippen LogP contribution is -2.01. The third-order valence-corrected chi connectivity index (χ3v) is 9.40. The highest BCUT2D eigenvalue weighted by molar-refractivity contribution is 5.90. The van der Waals surface area contributed by atoms with Crippen LogP contribution in [0.25, 0.3) is 94.7 Å². The first-order valence-corrected chi connectivity index (χ1v) is 17.5. The molecule has 0 aliphatic carbocycles. The largest absolute Gasteiger partial charge is 0.507 e. The Morgan fingerprint density at radius 3 is 1.30 bits per heavy atom. The summed E-state index contributed by atoms with van der Waals surface area (Å²) in [6.45, 7) is 7.37. The highest BCUT2D eigenvalue weighted by atomic mass is 16.3. The molecule has 0 atom stereocenters. The molecule has 0 aliphatic rings. The van der Waals surface area contributed by atoms with E-state index in [1.807, 2.05) is 97.1 Å². The zero-order valence-electron chi connectivity index (χ0n) is 29.3. The number of hydrogen-bond acceptors (Lipinski definition) is 9. The van der Waals surface area contributed by atoms with Gasteiger partial charge in [-0.3, -0.25) is 0 Å². The molecular weight excluding hydrogens is 697 g/mol. The molecule has 262 valence electrons. The molecule has 0 aliphatic heterocycles. The van der Waals surface area contributed by atoms with Crippen molar-refractivity contribution in [3.05, 3.63) is 163 Å². The molecule has 0 fully saturated rings. The normalized spacial score (nSPS) is 11.0. The lowest BCUT2D eigenvalue weighted by atomic mass is 10.0. The number of rotatable bonds is 6. The smallest absolute Gasteiger partial charge is 0.187 e. The molecule has 10 nitrogen and oxygen atoms in total. The second-order valence-electron chi connectivity index (χ2n) is 13.0. The molecule has 56 heavy (non-hydrogen) atoms. The number of nitrogens with zero attached hydrogens (tertiary/aromatic N) is 8. The minimum absolute atomic E-state index is 0.0407. The molecule has 0 bridgehead atoms. The fraction of sp³-hybridized carbons (Fsp3) is 0. The number of para-hydroxylation sites is 2. The summed E-state index contributed by atoms with van der Waals surface area (Å²) in [6, 6.07) is 46.1. The van der Waals surface area contributed by atoms with Gasteiger partial charge in [0.15, 0.2) is 40.6 Å². The van der Waals surface area contributed by atoms with Gasteiger partial charge in [-0.25, -0.2) is 34.7 Å². The van der Waals surface area contributed by atoms with Gasteiger partial charge in [0.1, 0.15) is 11.5 Å². The molecule has 0 radical (unpaired) electrons. The van der Waals surface area contributed by atoms with Crippen molar-refractivity contribution in [2.24, 2.45) is 0 Å². The molecule has 0 saturated carbocycles. The number of phenols is 2. The summed E-state index contributed by atoms with van der Waals surface area (Å²) < 4.78 is 0. The minimum atomic E-state index is 0.0407. The molecule has 0 amide bonds. The van der Waals surface area contributed by atoms with Crippen molar-refractivity contribution in [1.29, 1.82) is 5.26 Å². The summed E-state index contributed by atoms with van der Waals surface area (Å²) in [5.41, 5.74) is 4.94. The highest BCUT2D eigenvalue weighted by Gasteiger charge is 2.18. The number of phenolic OH excluding ortho intramolecular Hbond substituents is 2. The van der Waals surface area contributed by atoms with E-state index in [-0.39, 0.29) is 11.5 Å². The van der Waals surface area contributed by atoms with Gasteiger partial charge in [0, 0.05) is 22.3 Å². The number of benzene rings is 7. The van der Waals surface area contributed by atoms with Crippen LogP contribution < -0.4 is 0 Å². The molecule has 2 aromatic heterocycles. The molecule has 0 saturated heterocycles. The third kappa shape index (κ3) is 6.36. The van der Waals surface area contributed by atoms with E-state index < -0.39 is 0 Å². The maximum Gasteiger partial charge on any atom is 0.187 e. The maximum atomic E-state index is 10.8. The van der Waals surface area contributed by atoms with Crippen molar-refractivity contribution in [3.63, 3.8) is 0 Å². The van der Waals surface area contributed by atoms with Crippen molar-refractivity contribution < 1.29 is 10.2 Å². The summed E-state index contributed by atoms with van der Waals surface area (Å²) in [4.78, 5) is 32.5. The summed E-state index contributed by atoms with van der Waals surface area (Å²) in [5.74, 6) is 2.32. The maximum absolute atomic E-state index is 10.8. The lowest BCUT2D eigenvalue weighted by molar-refractivity contribution is 0.476. The highest BCUT2D eigenvalue weighted by Crippen LogP contribution is 2.34. The van der Waals surface area contributed by atoms with E-state index in [1.54, 1.807) is 48.5 Å². The number of aromatic hydroxyl groups is 2. The van der Waals surface area contributed by atoms with Crippen molar-refractivity contribution in [1.82, 2.24) is 29.9 Å². The molecule has 2 N–H and O–H groups in total.